The monoisotopic (exact) mass is 341 g/mol. The van der Waals surface area contributed by atoms with E-state index in [-0.39, 0.29) is 11.3 Å². The number of amides is 1. The number of esters is 1. The maximum absolute atomic E-state index is 12.4. The van der Waals surface area contributed by atoms with Crippen molar-refractivity contribution in [3.05, 3.63) is 48.0 Å². The Labute approximate surface area is 142 Å². The smallest absolute Gasteiger partial charge is 0.412 e. The minimum atomic E-state index is -1.19. The molecule has 7 nitrogen and oxygen atoms in total. The van der Waals surface area contributed by atoms with Crippen molar-refractivity contribution in [3.63, 3.8) is 0 Å². The molecule has 2 N–H and O–H groups in total. The molecule has 1 heterocycles. The zero-order chi connectivity index (χ0) is 18.0. The van der Waals surface area contributed by atoms with Crippen LogP contribution in [0.5, 0.6) is 11.5 Å². The highest BCUT2D eigenvalue weighted by molar-refractivity contribution is 6.11. The maximum Gasteiger partial charge on any atom is 0.412 e. The Morgan fingerprint density at radius 1 is 0.960 bits per heavy atom. The second-order valence-corrected chi connectivity index (χ2v) is 5.11. The molecular weight excluding hydrogens is 326 g/mol. The molecule has 0 unspecified atom stereocenters. The van der Waals surface area contributed by atoms with Crippen molar-refractivity contribution >= 4 is 23.0 Å². The molecule has 1 amide bonds. The summed E-state index contributed by atoms with van der Waals surface area (Å²) in [7, 11) is 3.06. The zero-order valence-corrected chi connectivity index (χ0v) is 13.6. The Bertz CT molecular complexity index is 942. The van der Waals surface area contributed by atoms with Gasteiger partial charge in [-0.15, -0.1) is 0 Å². The van der Waals surface area contributed by atoms with Gasteiger partial charge in [0.1, 0.15) is 28.4 Å². The summed E-state index contributed by atoms with van der Waals surface area (Å²) in [6.45, 7) is 0. The Kier molecular flexibility index (Phi) is 4.30. The molecule has 0 radical (unpaired) electrons. The number of rotatable bonds is 4. The van der Waals surface area contributed by atoms with Crippen LogP contribution in [0.25, 0.3) is 22.3 Å². The van der Waals surface area contributed by atoms with Crippen LogP contribution in [-0.2, 0) is 4.74 Å². The SMILES string of the molecule is COc1ccc(-c2oc3ccc(OC)cc3c2C(=O)OC(N)=O)cc1. The fraction of sp³-hybridized carbons (Fsp3) is 0.111. The number of carbonyl (C=O) groups excluding carboxylic acids is 2. The van der Waals surface area contributed by atoms with Gasteiger partial charge >= 0.3 is 12.1 Å². The summed E-state index contributed by atoms with van der Waals surface area (Å²) in [4.78, 5) is 23.4. The minimum absolute atomic E-state index is 0.0952. The summed E-state index contributed by atoms with van der Waals surface area (Å²) in [5.74, 6) is 0.549. The van der Waals surface area contributed by atoms with Crippen molar-refractivity contribution in [1.29, 1.82) is 0 Å². The number of hydrogen-bond donors (Lipinski definition) is 1. The molecule has 0 spiro atoms. The first-order valence-corrected chi connectivity index (χ1v) is 7.30. The van der Waals surface area contributed by atoms with Gasteiger partial charge in [0.05, 0.1) is 14.2 Å². The van der Waals surface area contributed by atoms with E-state index in [1.54, 1.807) is 49.6 Å². The van der Waals surface area contributed by atoms with Crippen LogP contribution in [0.4, 0.5) is 4.79 Å². The number of nitrogens with two attached hydrogens (primary N) is 1. The van der Waals surface area contributed by atoms with E-state index in [4.69, 9.17) is 19.6 Å². The van der Waals surface area contributed by atoms with E-state index in [1.807, 2.05) is 0 Å². The van der Waals surface area contributed by atoms with Gasteiger partial charge in [-0.2, -0.15) is 0 Å². The number of benzene rings is 2. The molecule has 128 valence electrons. The Hall–Kier alpha value is -3.48. The van der Waals surface area contributed by atoms with Crippen molar-refractivity contribution in [2.24, 2.45) is 5.73 Å². The molecule has 0 saturated carbocycles. The number of methoxy groups -OCH3 is 2. The predicted molar refractivity (Wildman–Crippen MR) is 89.8 cm³/mol. The van der Waals surface area contributed by atoms with Gasteiger partial charge in [0.25, 0.3) is 0 Å². The fourth-order valence-corrected chi connectivity index (χ4v) is 2.49. The molecule has 3 aromatic rings. The molecule has 3 rings (SSSR count). The molecule has 2 aromatic carbocycles. The van der Waals surface area contributed by atoms with E-state index in [0.717, 1.165) is 0 Å². The van der Waals surface area contributed by atoms with E-state index in [2.05, 4.69) is 4.74 Å². The van der Waals surface area contributed by atoms with Crippen molar-refractivity contribution in [1.82, 2.24) is 0 Å². The first-order valence-electron chi connectivity index (χ1n) is 7.30. The zero-order valence-electron chi connectivity index (χ0n) is 13.6. The minimum Gasteiger partial charge on any atom is -0.497 e. The van der Waals surface area contributed by atoms with Crippen molar-refractivity contribution in [2.75, 3.05) is 14.2 Å². The Balaban J connectivity index is 2.21. The van der Waals surface area contributed by atoms with E-state index < -0.39 is 12.1 Å². The molecule has 0 aliphatic rings. The summed E-state index contributed by atoms with van der Waals surface area (Å²) in [5.41, 5.74) is 6.13. The number of carbonyl (C=O) groups is 2. The van der Waals surface area contributed by atoms with E-state index in [0.29, 0.717) is 28.0 Å². The maximum atomic E-state index is 12.4. The van der Waals surface area contributed by atoms with Gasteiger partial charge in [-0.25, -0.2) is 9.59 Å². The highest BCUT2D eigenvalue weighted by Gasteiger charge is 2.25. The van der Waals surface area contributed by atoms with Crippen LogP contribution in [0.3, 0.4) is 0 Å². The lowest BCUT2D eigenvalue weighted by atomic mass is 10.1. The van der Waals surface area contributed by atoms with Crippen molar-refractivity contribution in [2.45, 2.75) is 0 Å². The van der Waals surface area contributed by atoms with Crippen LogP contribution < -0.4 is 15.2 Å². The van der Waals surface area contributed by atoms with Crippen molar-refractivity contribution in [3.8, 4) is 22.8 Å². The van der Waals surface area contributed by atoms with Gasteiger partial charge in [0.2, 0.25) is 0 Å². The lowest BCUT2D eigenvalue weighted by Crippen LogP contribution is -2.18. The van der Waals surface area contributed by atoms with Gasteiger partial charge in [0, 0.05) is 10.9 Å². The quantitative estimate of drug-likeness (QED) is 0.577. The van der Waals surface area contributed by atoms with Crippen LogP contribution in [0.1, 0.15) is 10.4 Å². The third kappa shape index (κ3) is 3.12. The predicted octanol–water partition coefficient (Wildman–Crippen LogP) is 3.35. The highest BCUT2D eigenvalue weighted by Crippen LogP contribution is 2.36. The highest BCUT2D eigenvalue weighted by atomic mass is 16.6. The summed E-state index contributed by atoms with van der Waals surface area (Å²) < 4.78 is 20.7. The first kappa shape index (κ1) is 16.4. The third-order valence-corrected chi connectivity index (χ3v) is 3.64. The fourth-order valence-electron chi connectivity index (χ4n) is 2.49. The van der Waals surface area contributed by atoms with E-state index in [1.165, 1.54) is 7.11 Å². The topological polar surface area (TPSA) is 101 Å². The molecular formula is C18H15NO6. The normalized spacial score (nSPS) is 10.5. The van der Waals surface area contributed by atoms with Gasteiger partial charge in [0.15, 0.2) is 0 Å². The molecule has 0 aliphatic carbocycles. The van der Waals surface area contributed by atoms with Crippen LogP contribution in [0, 0.1) is 0 Å². The number of furan rings is 1. The van der Waals surface area contributed by atoms with Crippen LogP contribution in [0.15, 0.2) is 46.9 Å². The van der Waals surface area contributed by atoms with Gasteiger partial charge in [-0.3, -0.25) is 0 Å². The lowest BCUT2D eigenvalue weighted by molar-refractivity contribution is 0.0640. The third-order valence-electron chi connectivity index (χ3n) is 3.64. The number of ether oxygens (including phenoxy) is 3. The number of primary amides is 1. The van der Waals surface area contributed by atoms with Crippen molar-refractivity contribution < 1.29 is 28.2 Å². The Morgan fingerprint density at radius 3 is 2.20 bits per heavy atom. The number of fused-ring (bicyclic) bond motifs is 1. The summed E-state index contributed by atoms with van der Waals surface area (Å²) in [5, 5.41) is 0.455. The van der Waals surface area contributed by atoms with Crippen LogP contribution in [-0.4, -0.2) is 26.3 Å². The van der Waals surface area contributed by atoms with Gasteiger partial charge in [-0.1, -0.05) is 0 Å². The molecule has 0 bridgehead atoms. The average Bonchev–Trinajstić information content (AvgIpc) is 2.99. The van der Waals surface area contributed by atoms with Gasteiger partial charge in [-0.05, 0) is 42.5 Å². The molecule has 0 fully saturated rings. The number of hydrogen-bond acceptors (Lipinski definition) is 6. The van der Waals surface area contributed by atoms with Gasteiger partial charge < -0.3 is 24.4 Å². The summed E-state index contributed by atoms with van der Waals surface area (Å²) in [6.07, 6.45) is -1.19. The second kappa shape index (κ2) is 6.56. The summed E-state index contributed by atoms with van der Waals surface area (Å²) in [6, 6.07) is 11.9. The van der Waals surface area contributed by atoms with E-state index in [9.17, 15) is 9.59 Å². The summed E-state index contributed by atoms with van der Waals surface area (Å²) >= 11 is 0. The molecule has 0 saturated heterocycles. The molecule has 0 aliphatic heterocycles. The second-order valence-electron chi connectivity index (χ2n) is 5.11. The standard InChI is InChI=1S/C18H15NO6/c1-22-11-5-3-10(4-6-11)16-15(17(20)25-18(19)21)13-9-12(23-2)7-8-14(13)24-16/h3-9H,1-2H3,(H2,19,21). The first-order chi connectivity index (χ1) is 12.0. The Morgan fingerprint density at radius 2 is 1.60 bits per heavy atom. The van der Waals surface area contributed by atoms with Crippen LogP contribution in [0.2, 0.25) is 0 Å². The largest absolute Gasteiger partial charge is 0.497 e. The molecule has 0 atom stereocenters. The molecule has 25 heavy (non-hydrogen) atoms. The van der Waals surface area contributed by atoms with E-state index >= 15 is 0 Å². The van der Waals surface area contributed by atoms with Crippen LogP contribution >= 0.6 is 0 Å². The lowest BCUT2D eigenvalue weighted by Gasteiger charge is -2.04. The molecule has 1 aromatic heterocycles. The molecule has 7 heteroatoms. The average molecular weight is 341 g/mol.